The van der Waals surface area contributed by atoms with E-state index in [-0.39, 0.29) is 10.2 Å². The molecule has 0 amide bonds. The number of fused-ring (bicyclic) bond motifs is 1. The molecule has 0 spiro atoms. The lowest BCUT2D eigenvalue weighted by molar-refractivity contribution is 0.156. The van der Waals surface area contributed by atoms with Gasteiger partial charge >= 0.3 is 11.2 Å². The van der Waals surface area contributed by atoms with Crippen molar-refractivity contribution in [1.82, 2.24) is 18.8 Å². The zero-order valence-corrected chi connectivity index (χ0v) is 19.2. The second-order valence-corrected chi connectivity index (χ2v) is 8.58. The van der Waals surface area contributed by atoms with Crippen LogP contribution in [-0.2, 0) is 19.5 Å². The molecule has 0 fully saturated rings. The number of rotatable bonds is 14. The summed E-state index contributed by atoms with van der Waals surface area (Å²) in [5.74, 6) is 0. The second-order valence-electron chi connectivity index (χ2n) is 8.58. The molecule has 32 heavy (non-hydrogen) atoms. The smallest absolute Gasteiger partial charge is 0.366 e. The molecule has 0 radical (unpaired) electrons. The number of hydrogen-bond acceptors (Lipinski definition) is 4. The predicted molar refractivity (Wildman–Crippen MR) is 127 cm³/mol. The Hall–Kier alpha value is -2.83. The van der Waals surface area contributed by atoms with E-state index in [1.165, 1.54) is 49.5 Å². The molecule has 0 saturated carbocycles. The Morgan fingerprint density at radius 1 is 0.844 bits per heavy atom. The minimum absolute atomic E-state index is 0.222. The van der Waals surface area contributed by atoms with Gasteiger partial charge in [0.1, 0.15) is 0 Å². The van der Waals surface area contributed by atoms with Crippen LogP contribution in [0.25, 0.3) is 11.2 Å². The Balaban J connectivity index is 1.59. The van der Waals surface area contributed by atoms with E-state index in [0.717, 1.165) is 31.2 Å². The van der Waals surface area contributed by atoms with Gasteiger partial charge in [-0.2, -0.15) is 0 Å². The van der Waals surface area contributed by atoms with Gasteiger partial charge in [-0.25, -0.2) is 9.78 Å². The van der Waals surface area contributed by atoms with Crippen LogP contribution in [0.15, 0.2) is 46.2 Å². The van der Waals surface area contributed by atoms with Gasteiger partial charge in [0.05, 0.1) is 6.33 Å². The first-order chi connectivity index (χ1) is 15.6. The van der Waals surface area contributed by atoms with Gasteiger partial charge in [0.25, 0.3) is 0 Å². The zero-order chi connectivity index (χ0) is 22.8. The molecule has 2 aromatic heterocycles. The Labute approximate surface area is 189 Å². The summed E-state index contributed by atoms with van der Waals surface area (Å²) >= 11 is 0. The van der Waals surface area contributed by atoms with Crippen LogP contribution in [0.1, 0.15) is 76.7 Å². The van der Waals surface area contributed by atoms with E-state index in [0.29, 0.717) is 18.7 Å². The molecule has 3 rings (SSSR count). The first-order valence-electron chi connectivity index (χ1n) is 12.1. The summed E-state index contributed by atoms with van der Waals surface area (Å²) in [7, 11) is 0. The molecule has 174 valence electrons. The predicted octanol–water partition coefficient (Wildman–Crippen LogP) is 4.76. The van der Waals surface area contributed by atoms with Crippen molar-refractivity contribution in [2.75, 3.05) is 0 Å². The quantitative estimate of drug-likeness (QED) is 0.289. The first kappa shape index (κ1) is 23.8. The molecular weight excluding hydrogens is 404 g/mol. The maximum atomic E-state index is 12.6. The summed E-state index contributed by atoms with van der Waals surface area (Å²) in [6, 6.07) is 9.99. The van der Waals surface area contributed by atoms with Gasteiger partial charge in [0.15, 0.2) is 11.2 Å². The van der Waals surface area contributed by atoms with Crippen molar-refractivity contribution in [2.45, 2.75) is 90.6 Å². The number of aromatic nitrogens is 4. The third-order valence-electron chi connectivity index (χ3n) is 6.10. The third kappa shape index (κ3) is 6.11. The zero-order valence-electron chi connectivity index (χ0n) is 19.2. The monoisotopic (exact) mass is 440 g/mol. The Bertz CT molecular complexity index is 1080. The number of unbranched alkanes of at least 4 members (excludes halogenated alkanes) is 9. The number of nitrogens with zero attached hydrogens (tertiary/aromatic N) is 4. The highest BCUT2D eigenvalue weighted by molar-refractivity contribution is 5.70. The summed E-state index contributed by atoms with van der Waals surface area (Å²) in [5, 5.41) is 10.1. The van der Waals surface area contributed by atoms with Gasteiger partial charge in [-0.1, -0.05) is 99.8 Å². The average Bonchev–Trinajstić information content (AvgIpc) is 3.24. The minimum atomic E-state index is -0.716. The summed E-state index contributed by atoms with van der Waals surface area (Å²) < 4.78 is 3.38. The van der Waals surface area contributed by atoms with Crippen molar-refractivity contribution in [3.05, 3.63) is 63.1 Å². The molecule has 7 heteroatoms. The second kappa shape index (κ2) is 12.3. The van der Waals surface area contributed by atoms with E-state index in [1.807, 2.05) is 30.3 Å². The highest BCUT2D eigenvalue weighted by atomic mass is 16.5. The van der Waals surface area contributed by atoms with Crippen LogP contribution in [0.3, 0.4) is 0 Å². The Kier molecular flexibility index (Phi) is 9.13. The fourth-order valence-corrected chi connectivity index (χ4v) is 4.20. The molecule has 7 nitrogen and oxygen atoms in total. The molecule has 0 aliphatic rings. The van der Waals surface area contributed by atoms with E-state index in [2.05, 4.69) is 11.9 Å². The minimum Gasteiger partial charge on any atom is -0.421 e. The molecular formula is C25H36N4O3. The number of imidazole rings is 1. The fraction of sp³-hybridized carbons (Fsp3) is 0.560. The maximum Gasteiger partial charge on any atom is 0.366 e. The van der Waals surface area contributed by atoms with E-state index in [9.17, 15) is 14.8 Å². The number of benzene rings is 1. The lowest BCUT2D eigenvalue weighted by atomic mass is 10.1. The van der Waals surface area contributed by atoms with Crippen LogP contribution < -0.4 is 11.2 Å². The van der Waals surface area contributed by atoms with Gasteiger partial charge in [-0.15, -0.1) is 0 Å². The van der Waals surface area contributed by atoms with E-state index in [1.54, 1.807) is 10.9 Å². The van der Waals surface area contributed by atoms with Crippen molar-refractivity contribution in [1.29, 1.82) is 0 Å². The molecule has 1 N–H and O–H groups in total. The highest BCUT2D eigenvalue weighted by Crippen LogP contribution is 2.13. The standard InChI is InChI=1S/C25H36N4O3/c1-2-3-4-5-6-7-8-9-10-14-18-28-23-22(24(30)29(32)25(28)31)27(20-26-23)19-17-21-15-12-11-13-16-21/h11-13,15-16,20,32H,2-10,14,17-19H2,1H3. The van der Waals surface area contributed by atoms with Crippen LogP contribution in [-0.4, -0.2) is 24.1 Å². The summed E-state index contributed by atoms with van der Waals surface area (Å²) in [4.78, 5) is 29.4. The van der Waals surface area contributed by atoms with Gasteiger partial charge in [-0.3, -0.25) is 9.36 Å². The van der Waals surface area contributed by atoms with Crippen molar-refractivity contribution < 1.29 is 5.21 Å². The fourth-order valence-electron chi connectivity index (χ4n) is 4.20. The SMILES string of the molecule is CCCCCCCCCCCCn1c(=O)n(O)c(=O)c2c1ncn2CCc1ccccc1. The number of hydrogen-bond donors (Lipinski definition) is 1. The molecule has 0 saturated heterocycles. The summed E-state index contributed by atoms with van der Waals surface area (Å²) in [6.45, 7) is 3.23. The number of aryl methyl sites for hydroxylation is 3. The topological polar surface area (TPSA) is 82.0 Å². The normalized spacial score (nSPS) is 11.4. The van der Waals surface area contributed by atoms with Gasteiger partial charge in [0, 0.05) is 13.1 Å². The van der Waals surface area contributed by atoms with Crippen molar-refractivity contribution in [2.24, 2.45) is 0 Å². The van der Waals surface area contributed by atoms with E-state index < -0.39 is 11.2 Å². The largest absolute Gasteiger partial charge is 0.421 e. The summed E-state index contributed by atoms with van der Waals surface area (Å²) in [6.07, 6.45) is 14.3. The molecule has 0 aliphatic heterocycles. The molecule has 2 heterocycles. The van der Waals surface area contributed by atoms with Crippen LogP contribution in [0, 0.1) is 0 Å². The Morgan fingerprint density at radius 2 is 1.47 bits per heavy atom. The molecule has 0 bridgehead atoms. The van der Waals surface area contributed by atoms with Crippen LogP contribution in [0.5, 0.6) is 0 Å². The average molecular weight is 441 g/mol. The van der Waals surface area contributed by atoms with Gasteiger partial charge in [0.2, 0.25) is 0 Å². The highest BCUT2D eigenvalue weighted by Gasteiger charge is 2.17. The van der Waals surface area contributed by atoms with Crippen LogP contribution in [0.2, 0.25) is 0 Å². The van der Waals surface area contributed by atoms with Gasteiger partial charge in [-0.05, 0) is 18.4 Å². The van der Waals surface area contributed by atoms with Crippen molar-refractivity contribution in [3.63, 3.8) is 0 Å². The third-order valence-corrected chi connectivity index (χ3v) is 6.10. The Morgan fingerprint density at radius 3 is 2.12 bits per heavy atom. The molecule has 0 unspecified atom stereocenters. The van der Waals surface area contributed by atoms with E-state index in [4.69, 9.17) is 0 Å². The van der Waals surface area contributed by atoms with Crippen LogP contribution >= 0.6 is 0 Å². The lowest BCUT2D eigenvalue weighted by Crippen LogP contribution is -2.39. The molecule has 3 aromatic rings. The lowest BCUT2D eigenvalue weighted by Gasteiger charge is -2.09. The van der Waals surface area contributed by atoms with Gasteiger partial charge < -0.3 is 9.77 Å². The van der Waals surface area contributed by atoms with E-state index >= 15 is 0 Å². The summed E-state index contributed by atoms with van der Waals surface area (Å²) in [5.41, 5.74) is 0.350. The van der Waals surface area contributed by atoms with Crippen molar-refractivity contribution >= 4 is 11.2 Å². The maximum absolute atomic E-state index is 12.6. The van der Waals surface area contributed by atoms with Crippen LogP contribution in [0.4, 0.5) is 0 Å². The van der Waals surface area contributed by atoms with Crippen molar-refractivity contribution in [3.8, 4) is 0 Å². The first-order valence-corrected chi connectivity index (χ1v) is 12.1. The molecule has 0 atom stereocenters. The molecule has 0 aliphatic carbocycles. The molecule has 1 aromatic carbocycles.